The van der Waals surface area contributed by atoms with Gasteiger partial charge in [0.1, 0.15) is 0 Å². The Hall–Kier alpha value is -2.95. The van der Waals surface area contributed by atoms with Gasteiger partial charge in [-0.25, -0.2) is 0 Å². The quantitative estimate of drug-likeness (QED) is 0.594. The highest BCUT2D eigenvalue weighted by Gasteiger charge is 2.50. The van der Waals surface area contributed by atoms with Crippen LogP contribution in [0.2, 0.25) is 5.02 Å². The van der Waals surface area contributed by atoms with Crippen LogP contribution in [0.4, 0.5) is 5.69 Å². The number of hydrogen-bond donors (Lipinski definition) is 1. The predicted molar refractivity (Wildman–Crippen MR) is 118 cm³/mol. The summed E-state index contributed by atoms with van der Waals surface area (Å²) in [5.74, 6) is -0.743. The number of Topliss-reactive ketones (excluding diaryl/α,β-unsaturated/α-hetero) is 1. The maximum Gasteiger partial charge on any atom is 0.264 e. The Bertz CT molecular complexity index is 1140. The normalized spacial score (nSPS) is 17.9. The van der Waals surface area contributed by atoms with E-state index in [-0.39, 0.29) is 18.7 Å². The Labute approximate surface area is 180 Å². The lowest BCUT2D eigenvalue weighted by Crippen LogP contribution is -2.41. The Morgan fingerprint density at radius 2 is 1.73 bits per heavy atom. The van der Waals surface area contributed by atoms with Crippen LogP contribution in [0.5, 0.6) is 0 Å². The Morgan fingerprint density at radius 1 is 1.03 bits per heavy atom. The van der Waals surface area contributed by atoms with E-state index < -0.39 is 11.5 Å². The number of hydrogen-bond acceptors (Lipinski definition) is 3. The lowest BCUT2D eigenvalue weighted by molar-refractivity contribution is -0.136. The molecule has 1 aliphatic heterocycles. The van der Waals surface area contributed by atoms with Crippen molar-refractivity contribution in [1.29, 1.82) is 0 Å². The third-order valence-electron chi connectivity index (χ3n) is 5.60. The first-order chi connectivity index (χ1) is 14.3. The average molecular weight is 420 g/mol. The second kappa shape index (κ2) is 7.71. The van der Waals surface area contributed by atoms with Crippen LogP contribution in [0.15, 0.2) is 66.7 Å². The van der Waals surface area contributed by atoms with E-state index in [1.165, 1.54) is 4.90 Å². The number of ketones is 1. The van der Waals surface area contributed by atoms with Crippen LogP contribution in [0.1, 0.15) is 39.0 Å². The molecule has 0 saturated carbocycles. The molecule has 1 amide bonds. The maximum absolute atomic E-state index is 13.4. The average Bonchev–Trinajstić information content (AvgIpc) is 2.93. The number of carbonyl (C=O) groups is 2. The van der Waals surface area contributed by atoms with Crippen LogP contribution in [-0.4, -0.2) is 16.8 Å². The Morgan fingerprint density at radius 3 is 2.47 bits per heavy atom. The second-order valence-corrected chi connectivity index (χ2v) is 8.25. The molecule has 0 radical (unpaired) electrons. The van der Waals surface area contributed by atoms with Gasteiger partial charge in [-0.3, -0.25) is 9.59 Å². The largest absolute Gasteiger partial charge is 0.375 e. The molecule has 4 rings (SSSR count). The van der Waals surface area contributed by atoms with Gasteiger partial charge in [0, 0.05) is 16.1 Å². The lowest BCUT2D eigenvalue weighted by Gasteiger charge is -2.23. The molecule has 1 unspecified atom stereocenters. The number of anilines is 1. The summed E-state index contributed by atoms with van der Waals surface area (Å²) in [5.41, 5.74) is 2.38. The zero-order valence-electron chi connectivity index (χ0n) is 16.9. The van der Waals surface area contributed by atoms with Crippen LogP contribution in [0, 0.1) is 13.8 Å². The molecule has 0 aromatic heterocycles. The fraction of sp³-hybridized carbons (Fsp3) is 0.200. The van der Waals surface area contributed by atoms with Crippen molar-refractivity contribution < 1.29 is 14.7 Å². The molecule has 1 atom stereocenters. The summed E-state index contributed by atoms with van der Waals surface area (Å²) in [6.07, 6.45) is -0.301. The van der Waals surface area contributed by atoms with Crippen LogP contribution >= 0.6 is 11.6 Å². The molecule has 0 bridgehead atoms. The SMILES string of the molecule is Cc1ccc(C)c(C(=O)CC2(O)C(=O)N(Cc3ccc(Cl)cc3)c3ccccc32)c1. The monoisotopic (exact) mass is 419 g/mol. The number of aryl methyl sites for hydroxylation is 2. The van der Waals surface area contributed by atoms with Gasteiger partial charge in [-0.2, -0.15) is 0 Å². The molecule has 5 heteroatoms. The van der Waals surface area contributed by atoms with E-state index in [1.54, 1.807) is 36.4 Å². The minimum atomic E-state index is -1.89. The molecule has 1 aliphatic rings. The Kier molecular flexibility index (Phi) is 5.22. The third kappa shape index (κ3) is 3.53. The number of rotatable bonds is 5. The molecule has 1 N–H and O–H groups in total. The van der Waals surface area contributed by atoms with E-state index >= 15 is 0 Å². The third-order valence-corrected chi connectivity index (χ3v) is 5.86. The van der Waals surface area contributed by atoms with Crippen molar-refractivity contribution in [3.63, 3.8) is 0 Å². The molecule has 3 aromatic carbocycles. The molecule has 30 heavy (non-hydrogen) atoms. The van der Waals surface area contributed by atoms with Crippen LogP contribution < -0.4 is 4.90 Å². The molecule has 3 aromatic rings. The van der Waals surface area contributed by atoms with Gasteiger partial charge in [0.05, 0.1) is 18.7 Å². The summed E-state index contributed by atoms with van der Waals surface area (Å²) in [6, 6.07) is 19.9. The van der Waals surface area contributed by atoms with Gasteiger partial charge >= 0.3 is 0 Å². The van der Waals surface area contributed by atoms with E-state index in [9.17, 15) is 14.7 Å². The van der Waals surface area contributed by atoms with Crippen molar-refractivity contribution in [2.24, 2.45) is 0 Å². The number of fused-ring (bicyclic) bond motifs is 1. The first-order valence-electron chi connectivity index (χ1n) is 9.78. The summed E-state index contributed by atoms with van der Waals surface area (Å²) in [5, 5.41) is 12.1. The van der Waals surface area contributed by atoms with Crippen LogP contribution in [0.3, 0.4) is 0 Å². The molecule has 0 fully saturated rings. The highest BCUT2D eigenvalue weighted by atomic mass is 35.5. The second-order valence-electron chi connectivity index (χ2n) is 7.81. The Balaban J connectivity index is 1.69. The minimum absolute atomic E-state index is 0.254. The number of aliphatic hydroxyl groups is 1. The number of benzene rings is 3. The number of amides is 1. The van der Waals surface area contributed by atoms with Gasteiger partial charge in [-0.1, -0.05) is 59.6 Å². The van der Waals surface area contributed by atoms with Crippen molar-refractivity contribution in [1.82, 2.24) is 0 Å². The van der Waals surface area contributed by atoms with Crippen molar-refractivity contribution >= 4 is 29.0 Å². The van der Waals surface area contributed by atoms with Gasteiger partial charge in [-0.15, -0.1) is 0 Å². The standard InChI is InChI=1S/C25H22ClNO3/c1-16-7-8-17(2)20(13-16)23(28)14-25(30)21-5-3-4-6-22(21)27(24(25)29)15-18-9-11-19(26)12-10-18/h3-13,30H,14-15H2,1-2H3. The molecule has 152 valence electrons. The van der Waals surface area contributed by atoms with Crippen molar-refractivity contribution in [3.05, 3.63) is 99.6 Å². The number of nitrogens with zero attached hydrogens (tertiary/aromatic N) is 1. The highest BCUT2D eigenvalue weighted by molar-refractivity contribution is 6.30. The maximum atomic E-state index is 13.4. The zero-order valence-corrected chi connectivity index (χ0v) is 17.6. The minimum Gasteiger partial charge on any atom is -0.375 e. The van der Waals surface area contributed by atoms with Gasteiger partial charge in [0.2, 0.25) is 0 Å². The fourth-order valence-electron chi connectivity index (χ4n) is 3.97. The summed E-state index contributed by atoms with van der Waals surface area (Å²) < 4.78 is 0. The van der Waals surface area contributed by atoms with Crippen LogP contribution in [-0.2, 0) is 16.9 Å². The van der Waals surface area contributed by atoms with Gasteiger partial charge in [0.15, 0.2) is 11.4 Å². The molecule has 0 spiro atoms. The molecular weight excluding hydrogens is 398 g/mol. The number of para-hydroxylation sites is 1. The van der Waals surface area contributed by atoms with Gasteiger partial charge in [-0.05, 0) is 49.2 Å². The molecular formula is C25H22ClNO3. The first kappa shape index (κ1) is 20.3. The fourth-order valence-corrected chi connectivity index (χ4v) is 4.10. The summed E-state index contributed by atoms with van der Waals surface area (Å²) in [4.78, 5) is 28.0. The summed E-state index contributed by atoms with van der Waals surface area (Å²) in [6.45, 7) is 4.05. The highest BCUT2D eigenvalue weighted by Crippen LogP contribution is 2.43. The van der Waals surface area contributed by atoms with E-state index in [4.69, 9.17) is 11.6 Å². The topological polar surface area (TPSA) is 57.6 Å². The number of carbonyl (C=O) groups excluding carboxylic acids is 2. The van der Waals surface area contributed by atoms with Crippen molar-refractivity contribution in [2.75, 3.05) is 4.90 Å². The first-order valence-corrected chi connectivity index (χ1v) is 10.2. The zero-order chi connectivity index (χ0) is 21.5. The van der Waals surface area contributed by atoms with Crippen molar-refractivity contribution in [3.8, 4) is 0 Å². The van der Waals surface area contributed by atoms with E-state index in [0.29, 0.717) is 21.8 Å². The van der Waals surface area contributed by atoms with Crippen molar-refractivity contribution in [2.45, 2.75) is 32.4 Å². The molecule has 1 heterocycles. The lowest BCUT2D eigenvalue weighted by atomic mass is 9.87. The summed E-state index contributed by atoms with van der Waals surface area (Å²) in [7, 11) is 0. The number of halogens is 1. The van der Waals surface area contributed by atoms with E-state index in [2.05, 4.69) is 0 Å². The van der Waals surface area contributed by atoms with Crippen LogP contribution in [0.25, 0.3) is 0 Å². The van der Waals surface area contributed by atoms with E-state index in [0.717, 1.165) is 16.7 Å². The molecule has 0 aliphatic carbocycles. The van der Waals surface area contributed by atoms with E-state index in [1.807, 2.05) is 44.2 Å². The molecule has 4 nitrogen and oxygen atoms in total. The smallest absolute Gasteiger partial charge is 0.264 e. The predicted octanol–water partition coefficient (Wildman–Crippen LogP) is 4.96. The van der Waals surface area contributed by atoms with Gasteiger partial charge < -0.3 is 10.0 Å². The molecule has 0 saturated heterocycles. The summed E-state index contributed by atoms with van der Waals surface area (Å²) >= 11 is 5.96. The van der Waals surface area contributed by atoms with Gasteiger partial charge in [0.25, 0.3) is 5.91 Å².